The number of piperazine rings is 1. The Morgan fingerprint density at radius 1 is 0.939 bits per heavy atom. The number of carbonyl (C=O) groups is 2. The molecule has 0 radical (unpaired) electrons. The highest BCUT2D eigenvalue weighted by Gasteiger charge is 2.21. The van der Waals surface area contributed by atoms with Crippen molar-refractivity contribution in [2.24, 2.45) is 4.99 Å². The van der Waals surface area contributed by atoms with E-state index in [0.717, 1.165) is 32.7 Å². The largest absolute Gasteiger partial charge is 0.492 e. The van der Waals surface area contributed by atoms with Crippen LogP contribution in [-0.4, -0.2) is 73.6 Å². The zero-order valence-corrected chi connectivity index (χ0v) is 20.5. The van der Waals surface area contributed by atoms with Crippen LogP contribution in [0.5, 0.6) is 5.75 Å². The van der Waals surface area contributed by atoms with E-state index in [4.69, 9.17) is 14.2 Å². The summed E-state index contributed by atoms with van der Waals surface area (Å²) in [6.45, 7) is 16.0. The Bertz CT molecular complexity index is 774. The highest BCUT2D eigenvalue weighted by atomic mass is 16.6. The van der Waals surface area contributed by atoms with Gasteiger partial charge in [0.1, 0.15) is 23.6 Å². The van der Waals surface area contributed by atoms with Gasteiger partial charge in [0.05, 0.1) is 5.69 Å². The van der Waals surface area contributed by atoms with E-state index in [0.29, 0.717) is 18.0 Å². The summed E-state index contributed by atoms with van der Waals surface area (Å²) in [5, 5.41) is 8.24. The van der Waals surface area contributed by atoms with Gasteiger partial charge in [-0.2, -0.15) is 0 Å². The minimum atomic E-state index is -0.745. The molecule has 1 aromatic carbocycles. The molecular formula is C23H37N5O5. The fourth-order valence-electron chi connectivity index (χ4n) is 2.86. The SMILES string of the molecule is CC(C)(C)OC(=O)NC(=Nc1ccc(OCCN2CCNCC2)cc1)NC(=O)OC(C)(C)C. The Balaban J connectivity index is 2.01. The van der Waals surface area contributed by atoms with E-state index in [1.54, 1.807) is 65.8 Å². The number of nitrogens with one attached hydrogen (secondary N) is 3. The summed E-state index contributed by atoms with van der Waals surface area (Å²) in [6, 6.07) is 7.03. The maximum atomic E-state index is 12.2. The van der Waals surface area contributed by atoms with E-state index in [-0.39, 0.29) is 5.96 Å². The summed E-state index contributed by atoms with van der Waals surface area (Å²) in [6.07, 6.45) is -1.49. The molecule has 2 rings (SSSR count). The number of benzene rings is 1. The number of aliphatic imine (C=N–C) groups is 1. The zero-order chi connectivity index (χ0) is 24.5. The molecule has 0 atom stereocenters. The second-order valence-electron chi connectivity index (χ2n) is 9.65. The number of alkyl carbamates (subject to hydrolysis) is 2. The first-order valence-corrected chi connectivity index (χ1v) is 11.1. The zero-order valence-electron chi connectivity index (χ0n) is 20.5. The van der Waals surface area contributed by atoms with Crippen molar-refractivity contribution in [3.63, 3.8) is 0 Å². The second-order valence-corrected chi connectivity index (χ2v) is 9.65. The third kappa shape index (κ3) is 11.5. The van der Waals surface area contributed by atoms with Gasteiger partial charge in [0, 0.05) is 32.7 Å². The van der Waals surface area contributed by atoms with Crippen LogP contribution >= 0.6 is 0 Å². The van der Waals surface area contributed by atoms with Crippen molar-refractivity contribution in [3.05, 3.63) is 24.3 Å². The molecule has 1 saturated heterocycles. The molecule has 0 bridgehead atoms. The van der Waals surface area contributed by atoms with Crippen LogP contribution in [-0.2, 0) is 9.47 Å². The Kier molecular flexibility index (Phi) is 9.48. The summed E-state index contributed by atoms with van der Waals surface area (Å²) in [4.78, 5) is 31.1. The first-order valence-electron chi connectivity index (χ1n) is 11.1. The van der Waals surface area contributed by atoms with Crippen molar-refractivity contribution in [2.45, 2.75) is 52.7 Å². The predicted molar refractivity (Wildman–Crippen MR) is 127 cm³/mol. The van der Waals surface area contributed by atoms with Crippen LogP contribution in [0.2, 0.25) is 0 Å². The molecular weight excluding hydrogens is 426 g/mol. The van der Waals surface area contributed by atoms with Crippen molar-refractivity contribution < 1.29 is 23.8 Å². The van der Waals surface area contributed by atoms with Crippen LogP contribution in [0.1, 0.15) is 41.5 Å². The smallest absolute Gasteiger partial charge is 0.414 e. The minimum Gasteiger partial charge on any atom is -0.492 e. The molecule has 1 aliphatic rings. The topological polar surface area (TPSA) is 114 Å². The number of ether oxygens (including phenoxy) is 3. The van der Waals surface area contributed by atoms with Crippen LogP contribution in [0.3, 0.4) is 0 Å². The van der Waals surface area contributed by atoms with Crippen LogP contribution in [0.25, 0.3) is 0 Å². The molecule has 3 N–H and O–H groups in total. The van der Waals surface area contributed by atoms with E-state index in [2.05, 4.69) is 25.8 Å². The van der Waals surface area contributed by atoms with Gasteiger partial charge in [0.2, 0.25) is 5.96 Å². The average molecular weight is 464 g/mol. The standard InChI is InChI=1S/C23H37N5O5/c1-22(2,3)32-20(29)26-19(27-21(30)33-23(4,5)6)25-17-7-9-18(10-8-17)31-16-15-28-13-11-24-12-14-28/h7-10,24H,11-16H2,1-6H3,(H2,25,26,27,29,30). The van der Waals surface area contributed by atoms with Gasteiger partial charge < -0.3 is 19.5 Å². The molecule has 0 aromatic heterocycles. The highest BCUT2D eigenvalue weighted by molar-refractivity contribution is 6.02. The second kappa shape index (κ2) is 11.9. The minimum absolute atomic E-state index is 0.106. The summed E-state index contributed by atoms with van der Waals surface area (Å²) in [5.41, 5.74) is -0.901. The van der Waals surface area contributed by atoms with Crippen molar-refractivity contribution >= 4 is 23.8 Å². The van der Waals surface area contributed by atoms with E-state index in [1.807, 2.05) is 0 Å². The molecule has 0 spiro atoms. The monoisotopic (exact) mass is 463 g/mol. The Morgan fingerprint density at radius 2 is 1.45 bits per heavy atom. The molecule has 1 aliphatic heterocycles. The maximum absolute atomic E-state index is 12.2. The molecule has 10 heteroatoms. The van der Waals surface area contributed by atoms with Crippen molar-refractivity contribution in [1.82, 2.24) is 20.9 Å². The molecule has 0 unspecified atom stereocenters. The molecule has 0 aliphatic carbocycles. The van der Waals surface area contributed by atoms with Crippen LogP contribution in [0.15, 0.2) is 29.3 Å². The van der Waals surface area contributed by atoms with Crippen molar-refractivity contribution in [2.75, 3.05) is 39.3 Å². The molecule has 1 heterocycles. The third-order valence-electron chi connectivity index (χ3n) is 4.20. The lowest BCUT2D eigenvalue weighted by molar-refractivity contribution is 0.0545. The average Bonchev–Trinajstić information content (AvgIpc) is 2.67. The number of guanidine groups is 1. The fraction of sp³-hybridized carbons (Fsp3) is 0.609. The Hall–Kier alpha value is -2.85. The Labute approximate surface area is 196 Å². The lowest BCUT2D eigenvalue weighted by Gasteiger charge is -2.26. The molecule has 2 amide bonds. The molecule has 1 aromatic rings. The number of amides is 2. The van der Waals surface area contributed by atoms with Crippen LogP contribution < -0.4 is 20.7 Å². The number of rotatable bonds is 5. The van der Waals surface area contributed by atoms with Crippen molar-refractivity contribution in [3.8, 4) is 5.75 Å². The number of hydrogen-bond acceptors (Lipinski definition) is 8. The summed E-state index contributed by atoms with van der Waals surface area (Å²) >= 11 is 0. The predicted octanol–water partition coefficient (Wildman–Crippen LogP) is 3.01. The summed E-state index contributed by atoms with van der Waals surface area (Å²) in [5.74, 6) is 0.608. The molecule has 1 fully saturated rings. The van der Waals surface area contributed by atoms with Gasteiger partial charge in [-0.1, -0.05) is 0 Å². The first kappa shape index (κ1) is 26.4. The number of carbonyl (C=O) groups excluding carboxylic acids is 2. The molecule has 184 valence electrons. The van der Waals surface area contributed by atoms with E-state index >= 15 is 0 Å². The molecule has 10 nitrogen and oxygen atoms in total. The van der Waals surface area contributed by atoms with Gasteiger partial charge in [-0.05, 0) is 65.8 Å². The number of nitrogens with zero attached hydrogens (tertiary/aromatic N) is 2. The Morgan fingerprint density at radius 3 is 1.94 bits per heavy atom. The fourth-order valence-corrected chi connectivity index (χ4v) is 2.86. The summed E-state index contributed by atoms with van der Waals surface area (Å²) in [7, 11) is 0. The van der Waals surface area contributed by atoms with Gasteiger partial charge in [-0.25, -0.2) is 14.6 Å². The van der Waals surface area contributed by atoms with E-state index < -0.39 is 23.4 Å². The van der Waals surface area contributed by atoms with Crippen LogP contribution in [0.4, 0.5) is 15.3 Å². The highest BCUT2D eigenvalue weighted by Crippen LogP contribution is 2.18. The molecule has 33 heavy (non-hydrogen) atoms. The molecule has 0 saturated carbocycles. The van der Waals surface area contributed by atoms with Gasteiger partial charge in [0.15, 0.2) is 0 Å². The lowest BCUT2D eigenvalue weighted by atomic mass is 10.2. The van der Waals surface area contributed by atoms with Gasteiger partial charge >= 0.3 is 12.2 Å². The van der Waals surface area contributed by atoms with E-state index in [1.165, 1.54) is 0 Å². The maximum Gasteiger partial charge on any atom is 0.414 e. The van der Waals surface area contributed by atoms with Gasteiger partial charge in [0.25, 0.3) is 0 Å². The van der Waals surface area contributed by atoms with Gasteiger partial charge in [-0.3, -0.25) is 15.5 Å². The van der Waals surface area contributed by atoms with Crippen molar-refractivity contribution in [1.29, 1.82) is 0 Å². The normalized spacial score (nSPS) is 14.7. The van der Waals surface area contributed by atoms with E-state index in [9.17, 15) is 9.59 Å². The third-order valence-corrected chi connectivity index (χ3v) is 4.20. The van der Waals surface area contributed by atoms with Gasteiger partial charge in [-0.15, -0.1) is 0 Å². The number of hydrogen-bond donors (Lipinski definition) is 3. The quantitative estimate of drug-likeness (QED) is 0.454. The lowest BCUT2D eigenvalue weighted by Crippen LogP contribution is -2.47. The first-order chi connectivity index (χ1) is 15.4. The van der Waals surface area contributed by atoms with Crippen LogP contribution in [0, 0.1) is 0 Å². The summed E-state index contributed by atoms with van der Waals surface area (Å²) < 4.78 is 16.3.